The summed E-state index contributed by atoms with van der Waals surface area (Å²) in [7, 11) is 0. The summed E-state index contributed by atoms with van der Waals surface area (Å²) < 4.78 is 0. The molecule has 1 atom stereocenters. The third-order valence-corrected chi connectivity index (χ3v) is 1.56. The van der Waals surface area contributed by atoms with Gasteiger partial charge in [0.1, 0.15) is 6.10 Å². The predicted octanol–water partition coefficient (Wildman–Crippen LogP) is 2.51. The van der Waals surface area contributed by atoms with Crippen LogP contribution < -0.4 is 0 Å². The van der Waals surface area contributed by atoms with E-state index in [4.69, 9.17) is 5.11 Å². The van der Waals surface area contributed by atoms with E-state index in [0.717, 1.165) is 12.8 Å². The van der Waals surface area contributed by atoms with Crippen molar-refractivity contribution in [2.75, 3.05) is 0 Å². The fraction of sp³-hybridized carbons (Fsp3) is 0.636. The summed E-state index contributed by atoms with van der Waals surface area (Å²) in [5.74, 6) is 5.73. The van der Waals surface area contributed by atoms with Gasteiger partial charge in [0.2, 0.25) is 0 Å². The molecule has 1 N–H and O–H groups in total. The number of hydrogen-bond donors (Lipinski definition) is 1. The Bertz CT molecular complexity index is 162. The highest BCUT2D eigenvalue weighted by Crippen LogP contribution is 1.97. The van der Waals surface area contributed by atoms with Gasteiger partial charge in [-0.25, -0.2) is 0 Å². The monoisotopic (exact) mass is 166 g/mol. The van der Waals surface area contributed by atoms with E-state index in [2.05, 4.69) is 25.3 Å². The lowest BCUT2D eigenvalue weighted by atomic mass is 10.2. The Morgan fingerprint density at radius 1 is 1.50 bits per heavy atom. The third-order valence-electron chi connectivity index (χ3n) is 1.56. The minimum atomic E-state index is -0.510. The molecule has 68 valence electrons. The SMILES string of the molecule is C=CCC(O)C#CCCCCC. The molecule has 0 amide bonds. The Labute approximate surface area is 75.5 Å². The number of unbranched alkanes of at least 4 members (excludes halogenated alkanes) is 3. The summed E-state index contributed by atoms with van der Waals surface area (Å²) in [6.45, 7) is 5.70. The molecule has 0 aromatic rings. The Morgan fingerprint density at radius 3 is 2.83 bits per heavy atom. The van der Waals surface area contributed by atoms with Crippen LogP contribution in [0.15, 0.2) is 12.7 Å². The number of aliphatic hydroxyl groups excluding tert-OH is 1. The minimum absolute atomic E-state index is 0.510. The second kappa shape index (κ2) is 8.36. The van der Waals surface area contributed by atoms with E-state index < -0.39 is 6.10 Å². The normalized spacial score (nSPS) is 11.5. The van der Waals surface area contributed by atoms with Gasteiger partial charge in [0.15, 0.2) is 0 Å². The van der Waals surface area contributed by atoms with Crippen molar-refractivity contribution in [3.63, 3.8) is 0 Å². The van der Waals surface area contributed by atoms with Crippen LogP contribution in [-0.4, -0.2) is 11.2 Å². The maximum absolute atomic E-state index is 9.16. The molecule has 0 aromatic heterocycles. The lowest BCUT2D eigenvalue weighted by Gasteiger charge is -1.95. The summed E-state index contributed by atoms with van der Waals surface area (Å²) in [5, 5.41) is 9.16. The molecule has 1 heteroatoms. The number of hydrogen-bond acceptors (Lipinski definition) is 1. The topological polar surface area (TPSA) is 20.2 Å². The van der Waals surface area contributed by atoms with Crippen molar-refractivity contribution in [1.29, 1.82) is 0 Å². The van der Waals surface area contributed by atoms with E-state index in [9.17, 15) is 0 Å². The molecule has 0 rings (SSSR count). The van der Waals surface area contributed by atoms with Gasteiger partial charge in [-0.2, -0.15) is 0 Å². The lowest BCUT2D eigenvalue weighted by Crippen LogP contribution is -1.99. The standard InChI is InChI=1S/C11H18O/c1-3-5-6-7-8-10-11(12)9-4-2/h4,11-12H,2-3,5-7,9H2,1H3. The molecular weight excluding hydrogens is 148 g/mol. The van der Waals surface area contributed by atoms with Gasteiger partial charge in [-0.3, -0.25) is 0 Å². The van der Waals surface area contributed by atoms with Crippen molar-refractivity contribution >= 4 is 0 Å². The highest BCUT2D eigenvalue weighted by atomic mass is 16.3. The summed E-state index contributed by atoms with van der Waals surface area (Å²) in [5.41, 5.74) is 0. The molecule has 0 aliphatic heterocycles. The van der Waals surface area contributed by atoms with Gasteiger partial charge >= 0.3 is 0 Å². The highest BCUT2D eigenvalue weighted by molar-refractivity contribution is 5.05. The van der Waals surface area contributed by atoms with Crippen LogP contribution in [-0.2, 0) is 0 Å². The zero-order chi connectivity index (χ0) is 9.23. The van der Waals surface area contributed by atoms with E-state index in [1.165, 1.54) is 12.8 Å². The third kappa shape index (κ3) is 7.37. The molecule has 0 spiro atoms. The van der Waals surface area contributed by atoms with Crippen molar-refractivity contribution in [1.82, 2.24) is 0 Å². The Morgan fingerprint density at radius 2 is 2.25 bits per heavy atom. The summed E-state index contributed by atoms with van der Waals surface area (Å²) in [6.07, 6.45) is 6.24. The van der Waals surface area contributed by atoms with Crippen molar-refractivity contribution in [2.24, 2.45) is 0 Å². The Hall–Kier alpha value is -0.740. The zero-order valence-electron chi connectivity index (χ0n) is 7.84. The minimum Gasteiger partial charge on any atom is -0.380 e. The fourth-order valence-electron chi connectivity index (χ4n) is 0.870. The van der Waals surface area contributed by atoms with Crippen LogP contribution in [0.1, 0.15) is 39.0 Å². The molecule has 0 bridgehead atoms. The first kappa shape index (κ1) is 11.3. The van der Waals surface area contributed by atoms with Crippen LogP contribution >= 0.6 is 0 Å². The van der Waals surface area contributed by atoms with Gasteiger partial charge in [0.05, 0.1) is 0 Å². The van der Waals surface area contributed by atoms with Crippen LogP contribution in [0, 0.1) is 11.8 Å². The van der Waals surface area contributed by atoms with Crippen molar-refractivity contribution in [3.8, 4) is 11.8 Å². The van der Waals surface area contributed by atoms with Gasteiger partial charge < -0.3 is 5.11 Å². The van der Waals surface area contributed by atoms with E-state index in [1.807, 2.05) is 0 Å². The molecular formula is C11H18O. The first-order chi connectivity index (χ1) is 5.81. The molecule has 0 aliphatic rings. The second-order valence-electron chi connectivity index (χ2n) is 2.82. The van der Waals surface area contributed by atoms with Crippen molar-refractivity contribution < 1.29 is 5.11 Å². The molecule has 0 aliphatic carbocycles. The largest absolute Gasteiger partial charge is 0.380 e. The van der Waals surface area contributed by atoms with Crippen LogP contribution in [0.3, 0.4) is 0 Å². The maximum Gasteiger partial charge on any atom is 0.118 e. The van der Waals surface area contributed by atoms with Gasteiger partial charge in [-0.15, -0.1) is 12.5 Å². The van der Waals surface area contributed by atoms with Crippen molar-refractivity contribution in [2.45, 2.75) is 45.1 Å². The van der Waals surface area contributed by atoms with Gasteiger partial charge in [0.25, 0.3) is 0 Å². The van der Waals surface area contributed by atoms with Crippen LogP contribution in [0.4, 0.5) is 0 Å². The van der Waals surface area contributed by atoms with E-state index in [0.29, 0.717) is 6.42 Å². The average molecular weight is 166 g/mol. The van der Waals surface area contributed by atoms with Crippen LogP contribution in [0.2, 0.25) is 0 Å². The number of rotatable bonds is 5. The van der Waals surface area contributed by atoms with E-state index in [1.54, 1.807) is 6.08 Å². The molecule has 0 heterocycles. The summed E-state index contributed by atoms with van der Waals surface area (Å²) >= 11 is 0. The van der Waals surface area contributed by atoms with Gasteiger partial charge in [0, 0.05) is 12.8 Å². The Kier molecular flexibility index (Phi) is 7.84. The molecule has 12 heavy (non-hydrogen) atoms. The molecule has 0 aromatic carbocycles. The quantitative estimate of drug-likeness (QED) is 0.378. The number of aliphatic hydroxyl groups is 1. The molecule has 0 saturated carbocycles. The van der Waals surface area contributed by atoms with E-state index in [-0.39, 0.29) is 0 Å². The van der Waals surface area contributed by atoms with E-state index >= 15 is 0 Å². The van der Waals surface area contributed by atoms with Gasteiger partial charge in [-0.1, -0.05) is 31.8 Å². The summed E-state index contributed by atoms with van der Waals surface area (Å²) in [4.78, 5) is 0. The van der Waals surface area contributed by atoms with Crippen molar-refractivity contribution in [3.05, 3.63) is 12.7 Å². The summed E-state index contributed by atoms with van der Waals surface area (Å²) in [6, 6.07) is 0. The first-order valence-electron chi connectivity index (χ1n) is 4.58. The maximum atomic E-state index is 9.16. The van der Waals surface area contributed by atoms with Crippen LogP contribution in [0.25, 0.3) is 0 Å². The average Bonchev–Trinajstić information content (AvgIpc) is 2.05. The lowest BCUT2D eigenvalue weighted by molar-refractivity contribution is 0.236. The zero-order valence-corrected chi connectivity index (χ0v) is 7.84. The molecule has 0 fully saturated rings. The molecule has 1 nitrogen and oxygen atoms in total. The predicted molar refractivity (Wildman–Crippen MR) is 52.7 cm³/mol. The molecule has 0 saturated heterocycles. The highest BCUT2D eigenvalue weighted by Gasteiger charge is 1.91. The van der Waals surface area contributed by atoms with Gasteiger partial charge in [-0.05, 0) is 6.42 Å². The smallest absolute Gasteiger partial charge is 0.118 e. The first-order valence-corrected chi connectivity index (χ1v) is 4.58. The second-order valence-corrected chi connectivity index (χ2v) is 2.82. The molecule has 1 unspecified atom stereocenters. The van der Waals surface area contributed by atoms with Crippen LogP contribution in [0.5, 0.6) is 0 Å². The Balaban J connectivity index is 3.37. The fourth-order valence-corrected chi connectivity index (χ4v) is 0.870. The molecule has 0 radical (unpaired) electrons.